The minimum atomic E-state index is -3.59. The molecule has 0 bridgehead atoms. The standard InChI is InChI=1S/C19H29N3O3S.ClH/c1-14(2)21(3)26(24,25)18-6-4-5-15(11-18)19(23)22-9-7-16-12-20-13-17(16)8-10-22;/h4-6,11,14,16-17,20H,7-10,12-13H2,1-3H3;1H/t16-,17+;. The van der Waals surface area contributed by atoms with E-state index in [0.29, 0.717) is 17.4 Å². The van der Waals surface area contributed by atoms with Crippen molar-refractivity contribution in [2.45, 2.75) is 37.6 Å². The normalized spacial score (nSPS) is 23.1. The first-order chi connectivity index (χ1) is 12.3. The number of fused-ring (bicyclic) bond motifs is 1. The minimum absolute atomic E-state index is 0. The van der Waals surface area contributed by atoms with E-state index in [0.717, 1.165) is 39.0 Å². The van der Waals surface area contributed by atoms with Crippen LogP contribution in [0.2, 0.25) is 0 Å². The summed E-state index contributed by atoms with van der Waals surface area (Å²) in [7, 11) is -2.02. The maximum Gasteiger partial charge on any atom is 0.253 e. The molecule has 0 radical (unpaired) electrons. The van der Waals surface area contributed by atoms with Crippen molar-refractivity contribution in [3.63, 3.8) is 0 Å². The summed E-state index contributed by atoms with van der Waals surface area (Å²) in [5.74, 6) is 1.24. The van der Waals surface area contributed by atoms with Crippen LogP contribution >= 0.6 is 12.4 Å². The van der Waals surface area contributed by atoms with E-state index < -0.39 is 10.0 Å². The molecule has 2 heterocycles. The Hall–Kier alpha value is -1.15. The molecular formula is C19H30ClN3O3S. The largest absolute Gasteiger partial charge is 0.339 e. The molecule has 1 N–H and O–H groups in total. The topological polar surface area (TPSA) is 69.7 Å². The van der Waals surface area contributed by atoms with E-state index in [1.165, 1.54) is 10.4 Å². The molecule has 6 nitrogen and oxygen atoms in total. The molecule has 0 aromatic heterocycles. The fourth-order valence-electron chi connectivity index (χ4n) is 3.84. The van der Waals surface area contributed by atoms with Crippen LogP contribution in [0, 0.1) is 11.8 Å². The molecule has 1 aromatic rings. The van der Waals surface area contributed by atoms with Crippen molar-refractivity contribution in [2.75, 3.05) is 33.2 Å². The van der Waals surface area contributed by atoms with Gasteiger partial charge in [-0.3, -0.25) is 4.79 Å². The zero-order chi connectivity index (χ0) is 18.9. The summed E-state index contributed by atoms with van der Waals surface area (Å²) in [5, 5.41) is 3.44. The number of likely N-dealkylation sites (tertiary alicyclic amines) is 1. The number of hydrogen-bond donors (Lipinski definition) is 1. The highest BCUT2D eigenvalue weighted by atomic mass is 35.5. The number of sulfonamides is 1. The van der Waals surface area contributed by atoms with Crippen molar-refractivity contribution in [3.8, 4) is 0 Å². The number of carbonyl (C=O) groups is 1. The van der Waals surface area contributed by atoms with E-state index in [4.69, 9.17) is 0 Å². The first-order valence-electron chi connectivity index (χ1n) is 9.39. The Morgan fingerprint density at radius 3 is 2.33 bits per heavy atom. The summed E-state index contributed by atoms with van der Waals surface area (Å²) in [4.78, 5) is 15.0. The highest BCUT2D eigenvalue weighted by Gasteiger charge is 2.32. The second-order valence-corrected chi connectivity index (χ2v) is 9.69. The molecule has 2 atom stereocenters. The van der Waals surface area contributed by atoms with E-state index in [2.05, 4.69) is 5.32 Å². The molecule has 1 amide bonds. The van der Waals surface area contributed by atoms with Gasteiger partial charge in [0.15, 0.2) is 0 Å². The third-order valence-electron chi connectivity index (χ3n) is 5.79. The summed E-state index contributed by atoms with van der Waals surface area (Å²) < 4.78 is 26.7. The molecule has 3 rings (SSSR count). The van der Waals surface area contributed by atoms with Crippen LogP contribution in [0.4, 0.5) is 0 Å². The van der Waals surface area contributed by atoms with Gasteiger partial charge in [-0.25, -0.2) is 8.42 Å². The Kier molecular flexibility index (Phi) is 7.30. The Morgan fingerprint density at radius 2 is 1.78 bits per heavy atom. The van der Waals surface area contributed by atoms with Gasteiger partial charge in [0.2, 0.25) is 10.0 Å². The van der Waals surface area contributed by atoms with Crippen molar-refractivity contribution in [2.24, 2.45) is 11.8 Å². The number of benzene rings is 1. The van der Waals surface area contributed by atoms with E-state index >= 15 is 0 Å². The molecule has 0 aliphatic carbocycles. The van der Waals surface area contributed by atoms with Crippen molar-refractivity contribution in [3.05, 3.63) is 29.8 Å². The molecular weight excluding hydrogens is 386 g/mol. The van der Waals surface area contributed by atoms with Gasteiger partial charge in [-0.1, -0.05) is 6.07 Å². The zero-order valence-corrected chi connectivity index (χ0v) is 17.9. The van der Waals surface area contributed by atoms with Crippen molar-refractivity contribution < 1.29 is 13.2 Å². The zero-order valence-electron chi connectivity index (χ0n) is 16.2. The number of rotatable bonds is 4. The van der Waals surface area contributed by atoms with Gasteiger partial charge in [0.25, 0.3) is 5.91 Å². The van der Waals surface area contributed by atoms with E-state index in [9.17, 15) is 13.2 Å². The predicted octanol–water partition coefficient (Wildman–Crippen LogP) is 2.21. The molecule has 152 valence electrons. The van der Waals surface area contributed by atoms with E-state index in [-0.39, 0.29) is 29.3 Å². The fraction of sp³-hybridized carbons (Fsp3) is 0.632. The number of hydrogen-bond acceptors (Lipinski definition) is 4. The third-order valence-corrected chi connectivity index (χ3v) is 7.82. The van der Waals surface area contributed by atoms with Gasteiger partial charge >= 0.3 is 0 Å². The fourth-order valence-corrected chi connectivity index (χ4v) is 5.25. The SMILES string of the molecule is CC(C)N(C)S(=O)(=O)c1cccc(C(=O)N2CC[C@@H]3CNC[C@@H]3CC2)c1.Cl. The van der Waals surface area contributed by atoms with Crippen molar-refractivity contribution in [1.82, 2.24) is 14.5 Å². The number of amides is 1. The monoisotopic (exact) mass is 415 g/mol. The Labute approximate surface area is 168 Å². The Morgan fingerprint density at radius 1 is 1.19 bits per heavy atom. The number of halogens is 1. The smallest absolute Gasteiger partial charge is 0.253 e. The average Bonchev–Trinajstić information content (AvgIpc) is 2.99. The maximum atomic E-state index is 13.0. The lowest BCUT2D eigenvalue weighted by Gasteiger charge is -2.23. The third kappa shape index (κ3) is 4.65. The molecule has 2 saturated heterocycles. The average molecular weight is 416 g/mol. The first kappa shape index (κ1) is 22.1. The molecule has 2 aliphatic rings. The van der Waals surface area contributed by atoms with Crippen LogP contribution in [0.1, 0.15) is 37.0 Å². The lowest BCUT2D eigenvalue weighted by Crippen LogP contribution is -2.34. The van der Waals surface area contributed by atoms with Gasteiger partial charge in [0, 0.05) is 31.7 Å². The van der Waals surface area contributed by atoms with Crippen LogP contribution in [-0.4, -0.2) is 62.8 Å². The second-order valence-electron chi connectivity index (χ2n) is 7.69. The molecule has 2 fully saturated rings. The summed E-state index contributed by atoms with van der Waals surface area (Å²) in [6.45, 7) is 7.23. The predicted molar refractivity (Wildman–Crippen MR) is 109 cm³/mol. The van der Waals surface area contributed by atoms with Gasteiger partial charge in [0.05, 0.1) is 4.90 Å². The molecule has 27 heavy (non-hydrogen) atoms. The van der Waals surface area contributed by atoms with Crippen molar-refractivity contribution >= 4 is 28.3 Å². The minimum Gasteiger partial charge on any atom is -0.339 e. The summed E-state index contributed by atoms with van der Waals surface area (Å²) >= 11 is 0. The van der Waals surface area contributed by atoms with Gasteiger partial charge in [-0.05, 0) is 69.8 Å². The van der Waals surface area contributed by atoms with Crippen LogP contribution in [0.5, 0.6) is 0 Å². The van der Waals surface area contributed by atoms with Gasteiger partial charge in [-0.15, -0.1) is 12.4 Å². The molecule has 8 heteroatoms. The quantitative estimate of drug-likeness (QED) is 0.818. The van der Waals surface area contributed by atoms with Gasteiger partial charge in [0.1, 0.15) is 0 Å². The lowest BCUT2D eigenvalue weighted by atomic mass is 9.92. The molecule has 0 spiro atoms. The maximum absolute atomic E-state index is 13.0. The van der Waals surface area contributed by atoms with Crippen LogP contribution in [0.3, 0.4) is 0 Å². The summed E-state index contributed by atoms with van der Waals surface area (Å²) in [6.07, 6.45) is 2.02. The van der Waals surface area contributed by atoms with Crippen LogP contribution in [0.15, 0.2) is 29.2 Å². The van der Waals surface area contributed by atoms with Crippen molar-refractivity contribution in [1.29, 1.82) is 0 Å². The number of nitrogens with one attached hydrogen (secondary N) is 1. The van der Waals surface area contributed by atoms with Gasteiger partial charge < -0.3 is 10.2 Å². The van der Waals surface area contributed by atoms with Crippen LogP contribution in [-0.2, 0) is 10.0 Å². The van der Waals surface area contributed by atoms with E-state index in [1.54, 1.807) is 25.2 Å². The van der Waals surface area contributed by atoms with Crippen LogP contribution in [0.25, 0.3) is 0 Å². The molecule has 0 saturated carbocycles. The first-order valence-corrected chi connectivity index (χ1v) is 10.8. The molecule has 2 aliphatic heterocycles. The Bertz CT molecular complexity index is 755. The number of carbonyl (C=O) groups excluding carboxylic acids is 1. The summed E-state index contributed by atoms with van der Waals surface area (Å²) in [5.41, 5.74) is 0.452. The Balaban J connectivity index is 0.00000261. The highest BCUT2D eigenvalue weighted by molar-refractivity contribution is 7.89. The lowest BCUT2D eigenvalue weighted by molar-refractivity contribution is 0.0758. The summed E-state index contributed by atoms with van der Waals surface area (Å²) in [6, 6.07) is 6.31. The second kappa shape index (κ2) is 8.90. The van der Waals surface area contributed by atoms with Gasteiger partial charge in [-0.2, -0.15) is 4.31 Å². The van der Waals surface area contributed by atoms with Crippen LogP contribution < -0.4 is 5.32 Å². The molecule has 1 aromatic carbocycles. The van der Waals surface area contributed by atoms with E-state index in [1.807, 2.05) is 18.7 Å². The molecule has 0 unspecified atom stereocenters. The highest BCUT2D eigenvalue weighted by Crippen LogP contribution is 2.28. The number of nitrogens with zero attached hydrogens (tertiary/aromatic N) is 2.